The molecule has 1 heterocycles. The zero-order valence-electron chi connectivity index (χ0n) is 11.1. The van der Waals surface area contributed by atoms with Crippen LogP contribution in [0.15, 0.2) is 42.6 Å². The number of hydrogen-bond acceptors (Lipinski definition) is 3. The van der Waals surface area contributed by atoms with Gasteiger partial charge in [-0.1, -0.05) is 30.3 Å². The predicted molar refractivity (Wildman–Crippen MR) is 69.3 cm³/mol. The van der Waals surface area contributed by atoms with Crippen LogP contribution in [0.3, 0.4) is 0 Å². The van der Waals surface area contributed by atoms with Gasteiger partial charge in [0.15, 0.2) is 5.69 Å². The standard InChI is InChI=1S/C14H15F3N2O2/c15-14(16,17)13-6-7-19(18-13)8-12(20)10-21-9-11-4-2-1-3-5-11/h1-7,12,20H,8-10H2. The van der Waals surface area contributed by atoms with E-state index < -0.39 is 18.0 Å². The van der Waals surface area contributed by atoms with Crippen molar-refractivity contribution in [3.63, 3.8) is 0 Å². The minimum absolute atomic E-state index is 0.0239. The van der Waals surface area contributed by atoms with Crippen LogP contribution in [0.4, 0.5) is 13.2 Å². The van der Waals surface area contributed by atoms with E-state index in [1.807, 2.05) is 30.3 Å². The summed E-state index contributed by atoms with van der Waals surface area (Å²) >= 11 is 0. The van der Waals surface area contributed by atoms with Gasteiger partial charge in [0, 0.05) is 6.20 Å². The second kappa shape index (κ2) is 6.73. The summed E-state index contributed by atoms with van der Waals surface area (Å²) in [7, 11) is 0. The quantitative estimate of drug-likeness (QED) is 0.891. The molecule has 2 rings (SSSR count). The van der Waals surface area contributed by atoms with E-state index in [2.05, 4.69) is 5.10 Å². The number of benzene rings is 1. The molecule has 0 saturated heterocycles. The van der Waals surface area contributed by atoms with E-state index in [1.165, 1.54) is 6.20 Å². The molecule has 0 amide bonds. The highest BCUT2D eigenvalue weighted by Crippen LogP contribution is 2.27. The molecule has 21 heavy (non-hydrogen) atoms. The molecule has 0 bridgehead atoms. The molecule has 1 N–H and O–H groups in total. The van der Waals surface area contributed by atoms with E-state index in [1.54, 1.807) is 0 Å². The van der Waals surface area contributed by atoms with Crippen LogP contribution < -0.4 is 0 Å². The first-order chi connectivity index (χ1) is 9.95. The lowest BCUT2D eigenvalue weighted by Crippen LogP contribution is -2.22. The maximum Gasteiger partial charge on any atom is 0.435 e. The van der Waals surface area contributed by atoms with Crippen molar-refractivity contribution in [2.45, 2.75) is 25.4 Å². The molecule has 1 aromatic heterocycles. The van der Waals surface area contributed by atoms with Crippen molar-refractivity contribution in [2.24, 2.45) is 0 Å². The van der Waals surface area contributed by atoms with E-state index in [9.17, 15) is 18.3 Å². The third-order valence-electron chi connectivity index (χ3n) is 2.75. The Bertz CT molecular complexity index is 555. The van der Waals surface area contributed by atoms with Gasteiger partial charge in [0.05, 0.1) is 25.9 Å². The lowest BCUT2D eigenvalue weighted by molar-refractivity contribution is -0.141. The van der Waals surface area contributed by atoms with Crippen molar-refractivity contribution in [3.05, 3.63) is 53.9 Å². The smallest absolute Gasteiger partial charge is 0.389 e. The summed E-state index contributed by atoms with van der Waals surface area (Å²) in [6.45, 7) is 0.311. The van der Waals surface area contributed by atoms with E-state index in [0.717, 1.165) is 16.3 Å². The van der Waals surface area contributed by atoms with Crippen LogP contribution in [0.25, 0.3) is 0 Å². The van der Waals surface area contributed by atoms with Gasteiger partial charge in [-0.3, -0.25) is 4.68 Å². The summed E-state index contributed by atoms with van der Waals surface area (Å²) in [4.78, 5) is 0. The summed E-state index contributed by atoms with van der Waals surface area (Å²) in [5.41, 5.74) is -0.0111. The van der Waals surface area contributed by atoms with Gasteiger partial charge in [-0.15, -0.1) is 0 Å². The Hall–Kier alpha value is -1.86. The third kappa shape index (κ3) is 4.87. The molecule has 0 radical (unpaired) electrons. The van der Waals surface area contributed by atoms with Crippen LogP contribution in [0.5, 0.6) is 0 Å². The van der Waals surface area contributed by atoms with E-state index in [-0.39, 0.29) is 13.2 Å². The number of aliphatic hydroxyl groups is 1. The number of alkyl halides is 3. The minimum atomic E-state index is -4.47. The van der Waals surface area contributed by atoms with Crippen molar-refractivity contribution in [1.82, 2.24) is 9.78 Å². The van der Waals surface area contributed by atoms with Gasteiger partial charge in [0.25, 0.3) is 0 Å². The number of aromatic nitrogens is 2. The normalized spacial score (nSPS) is 13.3. The van der Waals surface area contributed by atoms with Gasteiger partial charge in [-0.05, 0) is 11.6 Å². The molecule has 4 nitrogen and oxygen atoms in total. The highest BCUT2D eigenvalue weighted by Gasteiger charge is 2.33. The highest BCUT2D eigenvalue weighted by atomic mass is 19.4. The van der Waals surface area contributed by atoms with Gasteiger partial charge in [0.1, 0.15) is 0 Å². The van der Waals surface area contributed by atoms with Crippen LogP contribution in [0.1, 0.15) is 11.3 Å². The topological polar surface area (TPSA) is 47.3 Å². The molecule has 0 saturated carbocycles. The van der Waals surface area contributed by atoms with Gasteiger partial charge >= 0.3 is 6.18 Å². The summed E-state index contributed by atoms with van der Waals surface area (Å²) in [5.74, 6) is 0. The Morgan fingerprint density at radius 1 is 1.19 bits per heavy atom. The molecule has 2 aromatic rings. The average molecular weight is 300 g/mol. The van der Waals surface area contributed by atoms with Crippen molar-refractivity contribution < 1.29 is 23.0 Å². The lowest BCUT2D eigenvalue weighted by Gasteiger charge is -2.11. The fraction of sp³-hybridized carbons (Fsp3) is 0.357. The van der Waals surface area contributed by atoms with Gasteiger partial charge < -0.3 is 9.84 Å². The van der Waals surface area contributed by atoms with E-state index in [4.69, 9.17) is 4.74 Å². The Morgan fingerprint density at radius 3 is 2.52 bits per heavy atom. The Kier molecular flexibility index (Phi) is 4.98. The summed E-state index contributed by atoms with van der Waals surface area (Å²) < 4.78 is 43.5. The predicted octanol–water partition coefficient (Wildman–Crippen LogP) is 2.48. The number of ether oxygens (including phenoxy) is 1. The monoisotopic (exact) mass is 300 g/mol. The minimum Gasteiger partial charge on any atom is -0.389 e. The van der Waals surface area contributed by atoms with Crippen LogP contribution in [0, 0.1) is 0 Å². The number of aliphatic hydroxyl groups excluding tert-OH is 1. The number of nitrogens with zero attached hydrogens (tertiary/aromatic N) is 2. The maximum atomic E-state index is 12.4. The lowest BCUT2D eigenvalue weighted by atomic mass is 10.2. The SMILES string of the molecule is OC(COCc1ccccc1)Cn1ccc(C(F)(F)F)n1. The van der Waals surface area contributed by atoms with Crippen LogP contribution in [0.2, 0.25) is 0 Å². The summed E-state index contributed by atoms with van der Waals surface area (Å²) in [6, 6.07) is 10.3. The summed E-state index contributed by atoms with van der Waals surface area (Å²) in [6.07, 6.45) is -4.21. The molecule has 1 unspecified atom stereocenters. The zero-order chi connectivity index (χ0) is 15.3. The molecule has 0 spiro atoms. The van der Waals surface area contributed by atoms with E-state index in [0.29, 0.717) is 6.61 Å². The van der Waals surface area contributed by atoms with Gasteiger partial charge in [0.2, 0.25) is 0 Å². The second-order valence-electron chi connectivity index (χ2n) is 4.58. The molecule has 1 atom stereocenters. The average Bonchev–Trinajstić information content (AvgIpc) is 2.88. The second-order valence-corrected chi connectivity index (χ2v) is 4.58. The molecular formula is C14H15F3N2O2. The molecule has 0 aliphatic rings. The van der Waals surface area contributed by atoms with Gasteiger partial charge in [-0.2, -0.15) is 18.3 Å². The van der Waals surface area contributed by atoms with Crippen LogP contribution in [-0.4, -0.2) is 27.6 Å². The van der Waals surface area contributed by atoms with Crippen molar-refractivity contribution in [2.75, 3.05) is 6.61 Å². The Labute approximate surface area is 119 Å². The molecule has 1 aromatic carbocycles. The van der Waals surface area contributed by atoms with Gasteiger partial charge in [-0.25, -0.2) is 0 Å². The fourth-order valence-corrected chi connectivity index (χ4v) is 1.77. The van der Waals surface area contributed by atoms with Crippen LogP contribution >= 0.6 is 0 Å². The third-order valence-corrected chi connectivity index (χ3v) is 2.75. The largest absolute Gasteiger partial charge is 0.435 e. The van der Waals surface area contributed by atoms with E-state index >= 15 is 0 Å². The van der Waals surface area contributed by atoms with Crippen molar-refractivity contribution in [3.8, 4) is 0 Å². The first kappa shape index (κ1) is 15.5. The molecule has 0 aliphatic heterocycles. The van der Waals surface area contributed by atoms with Crippen molar-refractivity contribution >= 4 is 0 Å². The zero-order valence-corrected chi connectivity index (χ0v) is 11.1. The first-order valence-corrected chi connectivity index (χ1v) is 6.35. The van der Waals surface area contributed by atoms with Crippen molar-refractivity contribution in [1.29, 1.82) is 0 Å². The summed E-state index contributed by atoms with van der Waals surface area (Å²) in [5, 5.41) is 13.1. The molecule has 0 fully saturated rings. The van der Waals surface area contributed by atoms with Crippen LogP contribution in [-0.2, 0) is 24.1 Å². The molecule has 0 aliphatic carbocycles. The number of hydrogen-bond donors (Lipinski definition) is 1. The number of rotatable bonds is 6. The fourth-order valence-electron chi connectivity index (χ4n) is 1.77. The molecule has 114 valence electrons. The molecule has 7 heteroatoms. The Balaban J connectivity index is 1.77. The first-order valence-electron chi connectivity index (χ1n) is 6.35. The maximum absolute atomic E-state index is 12.4. The Morgan fingerprint density at radius 2 is 1.90 bits per heavy atom. The number of halogens is 3. The molecular weight excluding hydrogens is 285 g/mol. The highest BCUT2D eigenvalue weighted by molar-refractivity contribution is 5.13.